The number of sulfonamides is 1. The number of benzene rings is 1. The number of rotatable bonds is 5. The van der Waals surface area contributed by atoms with Crippen LogP contribution in [-0.4, -0.2) is 48.8 Å². The van der Waals surface area contributed by atoms with Crippen LogP contribution >= 0.6 is 0 Å². The molecule has 146 valence electrons. The summed E-state index contributed by atoms with van der Waals surface area (Å²) >= 11 is 0. The van der Waals surface area contributed by atoms with Crippen LogP contribution in [0.2, 0.25) is 0 Å². The number of piperazine rings is 1. The lowest BCUT2D eigenvalue weighted by Crippen LogP contribution is -2.48. The van der Waals surface area contributed by atoms with Crippen LogP contribution in [0.15, 0.2) is 48.8 Å². The Kier molecular flexibility index (Phi) is 5.83. The van der Waals surface area contributed by atoms with Crippen molar-refractivity contribution in [2.45, 2.75) is 18.5 Å². The van der Waals surface area contributed by atoms with Gasteiger partial charge in [-0.15, -0.1) is 0 Å². The summed E-state index contributed by atoms with van der Waals surface area (Å²) in [6.45, 7) is 2.51. The van der Waals surface area contributed by atoms with Crippen LogP contribution in [-0.2, 0) is 28.5 Å². The second kappa shape index (κ2) is 7.95. The van der Waals surface area contributed by atoms with Gasteiger partial charge in [0, 0.05) is 45.1 Å². The summed E-state index contributed by atoms with van der Waals surface area (Å²) in [6, 6.07) is 8.31. The Labute approximate surface area is 156 Å². The number of hydrogen-bond acceptors (Lipinski definition) is 4. The first-order valence-corrected chi connectivity index (χ1v) is 10.1. The number of pyridine rings is 1. The Bertz CT molecular complexity index is 865. The molecule has 0 N–H and O–H groups in total. The number of alkyl halides is 3. The minimum absolute atomic E-state index is 0.143. The van der Waals surface area contributed by atoms with Crippen LogP contribution in [0.4, 0.5) is 13.2 Å². The van der Waals surface area contributed by atoms with E-state index in [0.717, 1.165) is 17.7 Å². The highest BCUT2D eigenvalue weighted by atomic mass is 32.2. The molecule has 2 heterocycles. The first-order valence-electron chi connectivity index (χ1n) is 8.49. The molecular formula is C18H20F3N3O2S. The molecule has 3 rings (SSSR count). The fourth-order valence-corrected chi connectivity index (χ4v) is 4.55. The summed E-state index contributed by atoms with van der Waals surface area (Å²) in [5.41, 5.74) is 0.409. The molecule has 0 amide bonds. The highest BCUT2D eigenvalue weighted by Gasteiger charge is 2.32. The zero-order valence-electron chi connectivity index (χ0n) is 14.6. The summed E-state index contributed by atoms with van der Waals surface area (Å²) in [5.74, 6) is -0.429. The molecule has 2 aromatic rings. The first kappa shape index (κ1) is 19.8. The number of hydrogen-bond donors (Lipinski definition) is 0. The van der Waals surface area contributed by atoms with E-state index in [9.17, 15) is 21.6 Å². The smallest absolute Gasteiger partial charge is 0.296 e. The molecule has 1 saturated heterocycles. The molecule has 5 nitrogen and oxygen atoms in total. The molecule has 0 spiro atoms. The Morgan fingerprint density at radius 1 is 0.963 bits per heavy atom. The monoisotopic (exact) mass is 399 g/mol. The molecule has 0 unspecified atom stereocenters. The van der Waals surface area contributed by atoms with Crippen LogP contribution in [0.1, 0.15) is 16.7 Å². The molecule has 1 aromatic carbocycles. The van der Waals surface area contributed by atoms with E-state index in [-0.39, 0.29) is 5.56 Å². The molecular weight excluding hydrogens is 379 g/mol. The van der Waals surface area contributed by atoms with Gasteiger partial charge in [0.05, 0.1) is 11.3 Å². The SMILES string of the molecule is O=S(=O)(Cc1cccc(C(F)(F)F)c1)N1CCN(Cc2ccncc2)CC1. The summed E-state index contributed by atoms with van der Waals surface area (Å²) in [4.78, 5) is 6.11. The second-order valence-corrected chi connectivity index (χ2v) is 8.45. The van der Waals surface area contributed by atoms with Crippen LogP contribution in [0.25, 0.3) is 0 Å². The van der Waals surface area contributed by atoms with Gasteiger partial charge in [-0.1, -0.05) is 18.2 Å². The van der Waals surface area contributed by atoms with Gasteiger partial charge in [0.25, 0.3) is 0 Å². The highest BCUT2D eigenvalue weighted by Crippen LogP contribution is 2.30. The molecule has 0 bridgehead atoms. The predicted octanol–water partition coefficient (Wildman–Crippen LogP) is 2.75. The predicted molar refractivity (Wildman–Crippen MR) is 95.2 cm³/mol. The standard InChI is InChI=1S/C18H20F3N3O2S/c19-18(20,21)17-3-1-2-16(12-17)14-27(25,26)24-10-8-23(9-11-24)13-15-4-6-22-7-5-15/h1-7,12H,8-11,13-14H2. The summed E-state index contributed by atoms with van der Waals surface area (Å²) in [6.07, 6.45) is -1.06. The Hall–Kier alpha value is -1.97. The molecule has 9 heteroatoms. The maximum atomic E-state index is 12.8. The van der Waals surface area contributed by atoms with E-state index >= 15 is 0 Å². The van der Waals surface area contributed by atoms with Crippen molar-refractivity contribution in [3.8, 4) is 0 Å². The van der Waals surface area contributed by atoms with E-state index in [1.807, 2.05) is 12.1 Å². The zero-order chi connectivity index (χ0) is 19.5. The lowest BCUT2D eigenvalue weighted by molar-refractivity contribution is -0.137. The van der Waals surface area contributed by atoms with Crippen molar-refractivity contribution in [2.24, 2.45) is 0 Å². The van der Waals surface area contributed by atoms with Gasteiger partial charge in [-0.3, -0.25) is 9.88 Å². The van der Waals surface area contributed by atoms with Crippen LogP contribution < -0.4 is 0 Å². The van der Waals surface area contributed by atoms with E-state index in [0.29, 0.717) is 32.7 Å². The molecule has 0 saturated carbocycles. The van der Waals surface area contributed by atoms with Gasteiger partial charge in [-0.05, 0) is 29.3 Å². The first-order chi connectivity index (χ1) is 12.7. The van der Waals surface area contributed by atoms with Gasteiger partial charge in [0.2, 0.25) is 10.0 Å². The molecule has 0 aliphatic carbocycles. The van der Waals surface area contributed by atoms with Crippen LogP contribution in [0, 0.1) is 0 Å². The summed E-state index contributed by atoms with van der Waals surface area (Å²) in [7, 11) is -3.67. The van der Waals surface area contributed by atoms with E-state index in [2.05, 4.69) is 9.88 Å². The third-order valence-corrected chi connectivity index (χ3v) is 6.33. The van der Waals surface area contributed by atoms with Gasteiger partial charge in [0.15, 0.2) is 0 Å². The van der Waals surface area contributed by atoms with E-state index in [1.54, 1.807) is 12.4 Å². The number of nitrogens with zero attached hydrogens (tertiary/aromatic N) is 3. The topological polar surface area (TPSA) is 53.5 Å². The molecule has 1 aliphatic rings. The van der Waals surface area contributed by atoms with Gasteiger partial charge in [-0.25, -0.2) is 8.42 Å². The molecule has 1 aliphatic heterocycles. The van der Waals surface area contributed by atoms with Gasteiger partial charge in [0.1, 0.15) is 0 Å². The second-order valence-electron chi connectivity index (χ2n) is 6.49. The van der Waals surface area contributed by atoms with Crippen LogP contribution in [0.3, 0.4) is 0 Å². The lowest BCUT2D eigenvalue weighted by atomic mass is 10.1. The van der Waals surface area contributed by atoms with Gasteiger partial charge < -0.3 is 0 Å². The van der Waals surface area contributed by atoms with E-state index in [1.165, 1.54) is 16.4 Å². The molecule has 0 radical (unpaired) electrons. The fourth-order valence-electron chi connectivity index (χ4n) is 3.05. The van der Waals surface area contributed by atoms with E-state index in [4.69, 9.17) is 0 Å². The highest BCUT2D eigenvalue weighted by molar-refractivity contribution is 7.88. The van der Waals surface area contributed by atoms with Crippen molar-refractivity contribution in [3.63, 3.8) is 0 Å². The van der Waals surface area contributed by atoms with Crippen molar-refractivity contribution in [3.05, 3.63) is 65.5 Å². The van der Waals surface area contributed by atoms with Crippen molar-refractivity contribution >= 4 is 10.0 Å². The quantitative estimate of drug-likeness (QED) is 0.776. The Morgan fingerprint density at radius 2 is 1.63 bits per heavy atom. The Morgan fingerprint density at radius 3 is 2.26 bits per heavy atom. The third-order valence-electron chi connectivity index (χ3n) is 4.48. The molecule has 27 heavy (non-hydrogen) atoms. The fraction of sp³-hybridized carbons (Fsp3) is 0.389. The van der Waals surface area contributed by atoms with Crippen molar-refractivity contribution in [1.29, 1.82) is 0 Å². The number of halogens is 3. The normalized spacial score (nSPS) is 17.1. The van der Waals surface area contributed by atoms with E-state index < -0.39 is 27.5 Å². The number of aromatic nitrogens is 1. The molecule has 0 atom stereocenters. The lowest BCUT2D eigenvalue weighted by Gasteiger charge is -2.34. The largest absolute Gasteiger partial charge is 0.416 e. The minimum atomic E-state index is -4.49. The van der Waals surface area contributed by atoms with Gasteiger partial charge in [-0.2, -0.15) is 17.5 Å². The van der Waals surface area contributed by atoms with Crippen LogP contribution in [0.5, 0.6) is 0 Å². The maximum Gasteiger partial charge on any atom is 0.416 e. The van der Waals surface area contributed by atoms with Crippen molar-refractivity contribution in [1.82, 2.24) is 14.2 Å². The zero-order valence-corrected chi connectivity index (χ0v) is 15.4. The van der Waals surface area contributed by atoms with Crippen molar-refractivity contribution < 1.29 is 21.6 Å². The summed E-state index contributed by atoms with van der Waals surface area (Å²) < 4.78 is 65.0. The molecule has 1 aromatic heterocycles. The Balaban J connectivity index is 1.60. The van der Waals surface area contributed by atoms with Crippen molar-refractivity contribution in [2.75, 3.05) is 26.2 Å². The van der Waals surface area contributed by atoms with Gasteiger partial charge >= 0.3 is 6.18 Å². The maximum absolute atomic E-state index is 12.8. The average molecular weight is 399 g/mol. The average Bonchev–Trinajstić information content (AvgIpc) is 2.62. The summed E-state index contributed by atoms with van der Waals surface area (Å²) in [5, 5.41) is 0. The third kappa shape index (κ3) is 5.27. The molecule has 1 fully saturated rings. The minimum Gasteiger partial charge on any atom is -0.296 e.